The zero-order valence-corrected chi connectivity index (χ0v) is 15.1. The second-order valence-corrected chi connectivity index (χ2v) is 6.76. The number of H-pyrrole nitrogens is 1. The van der Waals surface area contributed by atoms with E-state index in [1.807, 2.05) is 38.2 Å². The molecule has 1 saturated heterocycles. The summed E-state index contributed by atoms with van der Waals surface area (Å²) in [4.78, 5) is 19.1. The van der Waals surface area contributed by atoms with Crippen molar-refractivity contribution in [2.75, 3.05) is 20.2 Å². The number of benzene rings is 1. The summed E-state index contributed by atoms with van der Waals surface area (Å²) in [5.74, 6) is 1.53. The number of rotatable bonds is 4. The third kappa shape index (κ3) is 2.86. The number of para-hydroxylation sites is 1. The molecule has 1 aliphatic heterocycles. The highest BCUT2D eigenvalue weighted by Crippen LogP contribution is 2.30. The minimum absolute atomic E-state index is 0.0932. The minimum atomic E-state index is -0.117. The van der Waals surface area contributed by atoms with Gasteiger partial charge in [0.1, 0.15) is 5.82 Å². The maximum Gasteiger partial charge on any atom is 0.274 e. The molecule has 1 fully saturated rings. The van der Waals surface area contributed by atoms with E-state index in [4.69, 9.17) is 4.74 Å². The molecule has 2 aromatic heterocycles. The van der Waals surface area contributed by atoms with Gasteiger partial charge in [-0.3, -0.25) is 14.6 Å². The van der Waals surface area contributed by atoms with Crippen molar-refractivity contribution >= 4 is 16.8 Å². The Morgan fingerprint density at radius 3 is 3.00 bits per heavy atom. The van der Waals surface area contributed by atoms with E-state index < -0.39 is 0 Å². The van der Waals surface area contributed by atoms with Gasteiger partial charge in [0.05, 0.1) is 17.5 Å². The molecular weight excluding hydrogens is 332 g/mol. The quantitative estimate of drug-likeness (QED) is 0.769. The van der Waals surface area contributed by atoms with Crippen molar-refractivity contribution < 1.29 is 9.53 Å². The van der Waals surface area contributed by atoms with Gasteiger partial charge in [0, 0.05) is 32.6 Å². The average molecular weight is 354 g/mol. The van der Waals surface area contributed by atoms with Crippen molar-refractivity contribution in [1.82, 2.24) is 29.9 Å². The molecule has 0 bridgehead atoms. The molecule has 3 heterocycles. The zero-order chi connectivity index (χ0) is 18.3. The van der Waals surface area contributed by atoms with E-state index in [-0.39, 0.29) is 17.9 Å². The highest BCUT2D eigenvalue weighted by atomic mass is 16.5. The first-order valence-corrected chi connectivity index (χ1v) is 8.72. The van der Waals surface area contributed by atoms with Gasteiger partial charge in [-0.25, -0.2) is 4.98 Å². The smallest absolute Gasteiger partial charge is 0.274 e. The number of carbonyl (C=O) groups is 1. The van der Waals surface area contributed by atoms with Crippen LogP contribution in [-0.2, 0) is 11.8 Å². The summed E-state index contributed by atoms with van der Waals surface area (Å²) in [6.45, 7) is 3.00. The SMILES string of the molecule is Cc1nc([C@@H]2CCO[C@@H]2CN(C)C(=O)c2nn(C)c3ccccc23)n[nH]1. The van der Waals surface area contributed by atoms with Gasteiger partial charge in [0.15, 0.2) is 11.5 Å². The maximum atomic E-state index is 13.0. The standard InChI is InChI=1S/C18H22N6O2/c1-11-19-17(21-20-11)13-8-9-26-15(13)10-23(2)18(25)16-12-6-4-5-7-14(12)24(3)22-16/h4-7,13,15H,8-10H2,1-3H3,(H,19,20,21)/t13-,15-/m1/s1. The number of fused-ring (bicyclic) bond motifs is 1. The second kappa shape index (κ2) is 6.53. The Balaban J connectivity index is 1.53. The molecule has 0 unspecified atom stereocenters. The van der Waals surface area contributed by atoms with E-state index in [0.29, 0.717) is 18.8 Å². The van der Waals surface area contributed by atoms with Crippen LogP contribution >= 0.6 is 0 Å². The van der Waals surface area contributed by atoms with Crippen molar-refractivity contribution in [3.8, 4) is 0 Å². The fraction of sp³-hybridized carbons (Fsp3) is 0.444. The summed E-state index contributed by atoms with van der Waals surface area (Å²) in [5, 5.41) is 12.4. The number of amides is 1. The van der Waals surface area contributed by atoms with Crippen LogP contribution in [0.1, 0.15) is 34.5 Å². The van der Waals surface area contributed by atoms with Gasteiger partial charge in [-0.1, -0.05) is 18.2 Å². The third-order valence-corrected chi connectivity index (χ3v) is 4.92. The predicted octanol–water partition coefficient (Wildman–Crippen LogP) is 1.64. The molecule has 0 aliphatic carbocycles. The number of hydrogen-bond donors (Lipinski definition) is 1. The largest absolute Gasteiger partial charge is 0.376 e. The fourth-order valence-electron chi connectivity index (χ4n) is 3.55. The number of carbonyl (C=O) groups excluding carboxylic acids is 1. The monoisotopic (exact) mass is 354 g/mol. The van der Waals surface area contributed by atoms with Crippen LogP contribution in [0, 0.1) is 6.92 Å². The molecule has 1 amide bonds. The predicted molar refractivity (Wildman–Crippen MR) is 95.9 cm³/mol. The van der Waals surface area contributed by atoms with Crippen LogP contribution < -0.4 is 0 Å². The first-order valence-electron chi connectivity index (χ1n) is 8.72. The summed E-state index contributed by atoms with van der Waals surface area (Å²) in [5.41, 5.74) is 1.41. The molecule has 0 spiro atoms. The summed E-state index contributed by atoms with van der Waals surface area (Å²) < 4.78 is 7.60. The van der Waals surface area contributed by atoms with E-state index in [9.17, 15) is 4.79 Å². The van der Waals surface area contributed by atoms with Crippen LogP contribution in [0.25, 0.3) is 10.9 Å². The van der Waals surface area contributed by atoms with Crippen molar-refractivity contribution in [1.29, 1.82) is 0 Å². The van der Waals surface area contributed by atoms with Crippen LogP contribution in [0.2, 0.25) is 0 Å². The molecular formula is C18H22N6O2. The number of aromatic amines is 1. The average Bonchev–Trinajstić information content (AvgIpc) is 3.34. The van der Waals surface area contributed by atoms with Gasteiger partial charge in [0.2, 0.25) is 0 Å². The molecule has 0 saturated carbocycles. The van der Waals surface area contributed by atoms with E-state index in [2.05, 4.69) is 20.3 Å². The van der Waals surface area contributed by atoms with Gasteiger partial charge >= 0.3 is 0 Å². The number of nitrogens with one attached hydrogen (secondary N) is 1. The zero-order valence-electron chi connectivity index (χ0n) is 15.1. The van der Waals surface area contributed by atoms with Crippen molar-refractivity contribution in [3.63, 3.8) is 0 Å². The fourth-order valence-corrected chi connectivity index (χ4v) is 3.55. The summed E-state index contributed by atoms with van der Waals surface area (Å²) in [6.07, 6.45) is 0.741. The van der Waals surface area contributed by atoms with Crippen LogP contribution in [0.3, 0.4) is 0 Å². The lowest BCUT2D eigenvalue weighted by Crippen LogP contribution is -2.36. The molecule has 26 heavy (non-hydrogen) atoms. The normalized spacial score (nSPS) is 20.0. The lowest BCUT2D eigenvalue weighted by atomic mass is 10.0. The first kappa shape index (κ1) is 16.7. The highest BCUT2D eigenvalue weighted by molar-refractivity contribution is 6.04. The van der Waals surface area contributed by atoms with Gasteiger partial charge < -0.3 is 9.64 Å². The second-order valence-electron chi connectivity index (χ2n) is 6.76. The molecule has 1 N–H and O–H groups in total. The lowest BCUT2D eigenvalue weighted by molar-refractivity contribution is 0.0547. The summed E-state index contributed by atoms with van der Waals surface area (Å²) in [7, 11) is 3.63. The molecule has 8 nitrogen and oxygen atoms in total. The molecule has 3 aromatic rings. The Hall–Kier alpha value is -2.74. The highest BCUT2D eigenvalue weighted by Gasteiger charge is 2.34. The Bertz CT molecular complexity index is 946. The molecule has 0 radical (unpaired) electrons. The minimum Gasteiger partial charge on any atom is -0.376 e. The number of aryl methyl sites for hydroxylation is 2. The Morgan fingerprint density at radius 2 is 2.23 bits per heavy atom. The molecule has 136 valence electrons. The van der Waals surface area contributed by atoms with E-state index in [1.165, 1.54) is 0 Å². The van der Waals surface area contributed by atoms with E-state index in [0.717, 1.165) is 29.0 Å². The van der Waals surface area contributed by atoms with Crippen molar-refractivity contribution in [2.24, 2.45) is 7.05 Å². The molecule has 1 aromatic carbocycles. The number of ether oxygens (including phenoxy) is 1. The topological polar surface area (TPSA) is 88.9 Å². The number of aromatic nitrogens is 5. The number of nitrogens with zero attached hydrogens (tertiary/aromatic N) is 5. The van der Waals surface area contributed by atoms with Gasteiger partial charge in [-0.15, -0.1) is 0 Å². The molecule has 8 heteroatoms. The summed E-state index contributed by atoms with van der Waals surface area (Å²) in [6, 6.07) is 7.75. The first-order chi connectivity index (χ1) is 12.5. The van der Waals surface area contributed by atoms with E-state index in [1.54, 1.807) is 16.6 Å². The Morgan fingerprint density at radius 1 is 1.42 bits per heavy atom. The molecule has 2 atom stereocenters. The van der Waals surface area contributed by atoms with Crippen LogP contribution in [0.4, 0.5) is 0 Å². The molecule has 1 aliphatic rings. The van der Waals surface area contributed by atoms with Crippen LogP contribution in [0.5, 0.6) is 0 Å². The van der Waals surface area contributed by atoms with E-state index >= 15 is 0 Å². The Kier molecular flexibility index (Phi) is 4.20. The van der Waals surface area contributed by atoms with Crippen molar-refractivity contribution in [2.45, 2.75) is 25.4 Å². The third-order valence-electron chi connectivity index (χ3n) is 4.92. The van der Waals surface area contributed by atoms with Crippen LogP contribution in [-0.4, -0.2) is 62.1 Å². The number of likely N-dealkylation sites (N-methyl/N-ethyl adjacent to an activating group) is 1. The van der Waals surface area contributed by atoms with Gasteiger partial charge in [-0.2, -0.15) is 10.2 Å². The molecule has 4 rings (SSSR count). The number of hydrogen-bond acceptors (Lipinski definition) is 5. The van der Waals surface area contributed by atoms with Gasteiger partial charge in [-0.05, 0) is 19.4 Å². The van der Waals surface area contributed by atoms with Crippen LogP contribution in [0.15, 0.2) is 24.3 Å². The van der Waals surface area contributed by atoms with Crippen molar-refractivity contribution in [3.05, 3.63) is 41.6 Å². The Labute approximate surface area is 151 Å². The lowest BCUT2D eigenvalue weighted by Gasteiger charge is -2.23. The maximum absolute atomic E-state index is 13.0. The van der Waals surface area contributed by atoms with Gasteiger partial charge in [0.25, 0.3) is 5.91 Å². The summed E-state index contributed by atoms with van der Waals surface area (Å²) >= 11 is 0.